The molecular formula is C21H26N4O. The van der Waals surface area contributed by atoms with Gasteiger partial charge < -0.3 is 21.3 Å². The van der Waals surface area contributed by atoms with E-state index in [2.05, 4.69) is 21.9 Å². The highest BCUT2D eigenvalue weighted by Crippen LogP contribution is 2.34. The third kappa shape index (κ3) is 2.68. The molecular weight excluding hydrogens is 324 g/mol. The maximum absolute atomic E-state index is 13.3. The average Bonchev–Trinajstić information content (AvgIpc) is 3.23. The van der Waals surface area contributed by atoms with Gasteiger partial charge in [0, 0.05) is 35.8 Å². The number of carbonyl (C=O) groups is 1. The molecule has 2 aliphatic heterocycles. The minimum atomic E-state index is -0.182. The summed E-state index contributed by atoms with van der Waals surface area (Å²) in [5.41, 5.74) is 18.2. The van der Waals surface area contributed by atoms with Crippen molar-refractivity contribution in [1.29, 1.82) is 0 Å². The number of hydrogen-bond donors (Lipinski definition) is 2. The van der Waals surface area contributed by atoms with Crippen LogP contribution in [0.15, 0.2) is 36.4 Å². The Labute approximate surface area is 154 Å². The minimum absolute atomic E-state index is 0.182. The number of nitrogens with zero attached hydrogens (tertiary/aromatic N) is 2. The summed E-state index contributed by atoms with van der Waals surface area (Å²) < 4.78 is 0. The van der Waals surface area contributed by atoms with E-state index in [1.807, 2.05) is 38.1 Å². The van der Waals surface area contributed by atoms with Gasteiger partial charge in [0.2, 0.25) is 0 Å². The van der Waals surface area contributed by atoms with Crippen LogP contribution in [-0.2, 0) is 17.6 Å². The standard InChI is InChI=1S/C21H26N4O/c1-13(24-9-7-15-3-5-17(22)11-19(15)24)21(26)14(2)25-10-8-16-4-6-18(23)12-20(16)25/h3-6,11-14H,7-10,22-23H2,1-2H3. The Bertz CT molecular complexity index is 794. The van der Waals surface area contributed by atoms with Crippen molar-refractivity contribution in [3.05, 3.63) is 47.5 Å². The Morgan fingerprint density at radius 1 is 0.846 bits per heavy atom. The van der Waals surface area contributed by atoms with E-state index in [9.17, 15) is 4.79 Å². The van der Waals surface area contributed by atoms with Gasteiger partial charge in [-0.3, -0.25) is 4.79 Å². The Balaban J connectivity index is 1.56. The van der Waals surface area contributed by atoms with E-state index in [0.717, 1.165) is 48.7 Å². The summed E-state index contributed by atoms with van der Waals surface area (Å²) >= 11 is 0. The highest BCUT2D eigenvalue weighted by Gasteiger charge is 2.34. The van der Waals surface area contributed by atoms with Crippen LogP contribution in [-0.4, -0.2) is 31.0 Å². The van der Waals surface area contributed by atoms with Crippen molar-refractivity contribution in [3.8, 4) is 0 Å². The van der Waals surface area contributed by atoms with Gasteiger partial charge in [0.05, 0.1) is 12.1 Å². The lowest BCUT2D eigenvalue weighted by Crippen LogP contribution is -2.48. The van der Waals surface area contributed by atoms with E-state index in [4.69, 9.17) is 11.5 Å². The van der Waals surface area contributed by atoms with Crippen molar-refractivity contribution in [2.45, 2.75) is 38.8 Å². The van der Waals surface area contributed by atoms with E-state index >= 15 is 0 Å². The van der Waals surface area contributed by atoms with Gasteiger partial charge in [-0.05, 0) is 62.1 Å². The lowest BCUT2D eigenvalue weighted by Gasteiger charge is -2.33. The van der Waals surface area contributed by atoms with Crippen molar-refractivity contribution in [1.82, 2.24) is 0 Å². The number of nitrogens with two attached hydrogens (primary N) is 2. The fourth-order valence-electron chi connectivity index (χ4n) is 4.30. The summed E-state index contributed by atoms with van der Waals surface area (Å²) in [4.78, 5) is 17.7. The predicted octanol–water partition coefficient (Wildman–Crippen LogP) is 2.62. The molecule has 0 spiro atoms. The van der Waals surface area contributed by atoms with Crippen LogP contribution >= 0.6 is 0 Å². The maximum atomic E-state index is 13.3. The summed E-state index contributed by atoms with van der Waals surface area (Å²) in [6, 6.07) is 11.6. The molecule has 2 aliphatic rings. The summed E-state index contributed by atoms with van der Waals surface area (Å²) in [6.07, 6.45) is 1.93. The van der Waals surface area contributed by atoms with Gasteiger partial charge in [-0.1, -0.05) is 12.1 Å². The quantitative estimate of drug-likeness (QED) is 0.829. The molecule has 136 valence electrons. The zero-order valence-corrected chi connectivity index (χ0v) is 15.4. The second-order valence-corrected chi connectivity index (χ2v) is 7.42. The molecule has 26 heavy (non-hydrogen) atoms. The van der Waals surface area contributed by atoms with E-state index in [1.54, 1.807) is 0 Å². The number of Topliss-reactive ketones (excluding diaryl/α,β-unsaturated/α-hetero) is 1. The van der Waals surface area contributed by atoms with Crippen LogP contribution in [0.5, 0.6) is 0 Å². The normalized spacial score (nSPS) is 17.8. The first-order valence-electron chi connectivity index (χ1n) is 9.29. The average molecular weight is 350 g/mol. The van der Waals surface area contributed by atoms with Gasteiger partial charge >= 0.3 is 0 Å². The zero-order chi connectivity index (χ0) is 18.4. The fourth-order valence-corrected chi connectivity index (χ4v) is 4.30. The van der Waals surface area contributed by atoms with Crippen LogP contribution in [0.4, 0.5) is 22.7 Å². The first kappa shape index (κ1) is 16.8. The van der Waals surface area contributed by atoms with Gasteiger partial charge in [-0.25, -0.2) is 0 Å². The summed E-state index contributed by atoms with van der Waals surface area (Å²) in [7, 11) is 0. The molecule has 0 aromatic heterocycles. The number of rotatable bonds is 4. The smallest absolute Gasteiger partial charge is 0.176 e. The molecule has 0 aliphatic carbocycles. The maximum Gasteiger partial charge on any atom is 0.176 e. The third-order valence-corrected chi connectivity index (χ3v) is 5.84. The van der Waals surface area contributed by atoms with Crippen molar-refractivity contribution >= 4 is 28.5 Å². The molecule has 2 aromatic carbocycles. The highest BCUT2D eigenvalue weighted by molar-refractivity contribution is 5.94. The number of fused-ring (bicyclic) bond motifs is 2. The minimum Gasteiger partial charge on any atom is -0.399 e. The van der Waals surface area contributed by atoms with E-state index in [0.29, 0.717) is 0 Å². The zero-order valence-electron chi connectivity index (χ0n) is 15.4. The molecule has 4 rings (SSSR count). The number of hydrogen-bond acceptors (Lipinski definition) is 5. The Morgan fingerprint density at radius 3 is 1.69 bits per heavy atom. The second-order valence-electron chi connectivity index (χ2n) is 7.42. The molecule has 2 unspecified atom stereocenters. The molecule has 0 bridgehead atoms. The van der Waals surface area contributed by atoms with Crippen LogP contribution in [0.3, 0.4) is 0 Å². The fraction of sp³-hybridized carbons (Fsp3) is 0.381. The molecule has 2 aromatic rings. The third-order valence-electron chi connectivity index (χ3n) is 5.84. The van der Waals surface area contributed by atoms with Gasteiger partial charge in [0.25, 0.3) is 0 Å². The molecule has 4 N–H and O–H groups in total. The summed E-state index contributed by atoms with van der Waals surface area (Å²) in [5, 5.41) is 0. The van der Waals surface area contributed by atoms with Crippen molar-refractivity contribution in [2.24, 2.45) is 0 Å². The van der Waals surface area contributed by atoms with Crippen LogP contribution in [0, 0.1) is 0 Å². The van der Waals surface area contributed by atoms with Crippen LogP contribution in [0.2, 0.25) is 0 Å². The lowest BCUT2D eigenvalue weighted by molar-refractivity contribution is -0.120. The highest BCUT2D eigenvalue weighted by atomic mass is 16.1. The topological polar surface area (TPSA) is 75.6 Å². The Hall–Kier alpha value is -2.69. The van der Waals surface area contributed by atoms with Crippen molar-refractivity contribution in [2.75, 3.05) is 34.4 Å². The van der Waals surface area contributed by atoms with Crippen LogP contribution < -0.4 is 21.3 Å². The van der Waals surface area contributed by atoms with Gasteiger partial charge in [0.1, 0.15) is 0 Å². The first-order chi connectivity index (χ1) is 12.5. The number of benzene rings is 2. The van der Waals surface area contributed by atoms with Gasteiger partial charge in [-0.2, -0.15) is 0 Å². The Morgan fingerprint density at radius 2 is 1.27 bits per heavy atom. The van der Waals surface area contributed by atoms with E-state index in [1.165, 1.54) is 11.1 Å². The Kier molecular flexibility index (Phi) is 4.02. The van der Waals surface area contributed by atoms with Crippen molar-refractivity contribution in [3.63, 3.8) is 0 Å². The number of nitrogen functional groups attached to an aromatic ring is 2. The van der Waals surface area contributed by atoms with Gasteiger partial charge in [-0.15, -0.1) is 0 Å². The molecule has 0 amide bonds. The van der Waals surface area contributed by atoms with E-state index in [-0.39, 0.29) is 17.9 Å². The van der Waals surface area contributed by atoms with Crippen LogP contribution in [0.1, 0.15) is 25.0 Å². The number of carbonyl (C=O) groups excluding carboxylic acids is 1. The molecule has 2 heterocycles. The molecule has 5 nitrogen and oxygen atoms in total. The largest absolute Gasteiger partial charge is 0.399 e. The van der Waals surface area contributed by atoms with Crippen LogP contribution in [0.25, 0.3) is 0 Å². The summed E-state index contributed by atoms with van der Waals surface area (Å²) in [5.74, 6) is 0.232. The second kappa shape index (κ2) is 6.24. The first-order valence-corrected chi connectivity index (χ1v) is 9.29. The summed E-state index contributed by atoms with van der Waals surface area (Å²) in [6.45, 7) is 5.74. The molecule has 0 fully saturated rings. The molecule has 0 radical (unpaired) electrons. The molecule has 0 saturated carbocycles. The SMILES string of the molecule is CC(C(=O)C(C)N1CCc2ccc(N)cc21)N1CCc2ccc(N)cc21. The molecule has 2 atom stereocenters. The molecule has 0 saturated heterocycles. The van der Waals surface area contributed by atoms with Crippen molar-refractivity contribution < 1.29 is 4.79 Å². The lowest BCUT2D eigenvalue weighted by atomic mass is 10.0. The van der Waals surface area contributed by atoms with Gasteiger partial charge in [0.15, 0.2) is 5.78 Å². The van der Waals surface area contributed by atoms with E-state index < -0.39 is 0 Å². The monoisotopic (exact) mass is 350 g/mol. The predicted molar refractivity (Wildman–Crippen MR) is 108 cm³/mol. The number of ketones is 1. The molecule has 5 heteroatoms. The number of anilines is 4.